The van der Waals surface area contributed by atoms with Gasteiger partial charge in [-0.15, -0.1) is 0 Å². The second kappa shape index (κ2) is 6.29. The van der Waals surface area contributed by atoms with Gasteiger partial charge in [-0.3, -0.25) is 4.79 Å². The summed E-state index contributed by atoms with van der Waals surface area (Å²) >= 11 is 6.00. The molecular formula is C15H19ClN2O2. The average Bonchev–Trinajstić information content (AvgIpc) is 2.40. The van der Waals surface area contributed by atoms with Gasteiger partial charge in [-0.25, -0.2) is 0 Å². The van der Waals surface area contributed by atoms with Gasteiger partial charge >= 0.3 is 0 Å². The number of carbonyl (C=O) groups excluding carboxylic acids is 1. The number of rotatable bonds is 5. The second-order valence-electron chi connectivity index (χ2n) is 5.17. The molecule has 0 fully saturated rings. The minimum atomic E-state index is -0.0783. The average molecular weight is 295 g/mol. The SMILES string of the molecule is C=C(CNC(C)C)CN1C(=O)COc2ccc(Cl)cc21. The maximum Gasteiger partial charge on any atom is 0.265 e. The van der Waals surface area contributed by atoms with Crippen molar-refractivity contribution in [1.29, 1.82) is 0 Å². The zero-order valence-electron chi connectivity index (χ0n) is 11.8. The van der Waals surface area contributed by atoms with Crippen molar-refractivity contribution in [3.63, 3.8) is 0 Å². The fraction of sp³-hybridized carbons (Fsp3) is 0.400. The molecule has 0 bridgehead atoms. The molecule has 0 atom stereocenters. The molecule has 2 rings (SSSR count). The zero-order valence-corrected chi connectivity index (χ0v) is 12.5. The van der Waals surface area contributed by atoms with E-state index in [1.165, 1.54) is 0 Å². The van der Waals surface area contributed by atoms with E-state index < -0.39 is 0 Å². The summed E-state index contributed by atoms with van der Waals surface area (Å²) in [4.78, 5) is 13.7. The van der Waals surface area contributed by atoms with E-state index >= 15 is 0 Å². The van der Waals surface area contributed by atoms with Crippen LogP contribution in [0.2, 0.25) is 5.02 Å². The predicted molar refractivity (Wildman–Crippen MR) is 81.6 cm³/mol. The Bertz CT molecular complexity index is 529. The van der Waals surface area contributed by atoms with Crippen molar-refractivity contribution in [2.75, 3.05) is 24.6 Å². The van der Waals surface area contributed by atoms with Crippen LogP contribution < -0.4 is 15.0 Å². The van der Waals surface area contributed by atoms with Gasteiger partial charge < -0.3 is 15.0 Å². The Hall–Kier alpha value is -1.52. The molecule has 108 valence electrons. The second-order valence-corrected chi connectivity index (χ2v) is 5.60. The molecule has 0 radical (unpaired) electrons. The molecule has 1 heterocycles. The number of halogens is 1. The minimum absolute atomic E-state index is 0.0551. The van der Waals surface area contributed by atoms with E-state index in [9.17, 15) is 4.79 Å². The third-order valence-electron chi connectivity index (χ3n) is 3.01. The Morgan fingerprint density at radius 2 is 2.30 bits per heavy atom. The van der Waals surface area contributed by atoms with Crippen molar-refractivity contribution in [2.24, 2.45) is 0 Å². The topological polar surface area (TPSA) is 41.6 Å². The molecule has 4 nitrogen and oxygen atoms in total. The number of nitrogens with zero attached hydrogens (tertiary/aromatic N) is 1. The highest BCUT2D eigenvalue weighted by atomic mass is 35.5. The first-order valence-corrected chi connectivity index (χ1v) is 6.98. The van der Waals surface area contributed by atoms with Gasteiger partial charge in [-0.1, -0.05) is 32.0 Å². The van der Waals surface area contributed by atoms with Crippen LogP contribution in [0.15, 0.2) is 30.4 Å². The first-order chi connectivity index (χ1) is 9.47. The normalized spacial score (nSPS) is 14.2. The summed E-state index contributed by atoms with van der Waals surface area (Å²) in [5.74, 6) is 0.601. The highest BCUT2D eigenvalue weighted by molar-refractivity contribution is 6.31. The number of hydrogen-bond donors (Lipinski definition) is 1. The molecule has 0 unspecified atom stereocenters. The smallest absolute Gasteiger partial charge is 0.265 e. The van der Waals surface area contributed by atoms with Gasteiger partial charge in [0.05, 0.1) is 5.69 Å². The third-order valence-corrected chi connectivity index (χ3v) is 3.24. The summed E-state index contributed by atoms with van der Waals surface area (Å²) < 4.78 is 5.41. The first-order valence-electron chi connectivity index (χ1n) is 6.60. The van der Waals surface area contributed by atoms with E-state index in [1.54, 1.807) is 23.1 Å². The van der Waals surface area contributed by atoms with Crippen LogP contribution in [-0.2, 0) is 4.79 Å². The van der Waals surface area contributed by atoms with Crippen LogP contribution in [0.5, 0.6) is 5.75 Å². The summed E-state index contributed by atoms with van der Waals surface area (Å²) in [5, 5.41) is 3.87. The molecule has 0 saturated heterocycles. The molecule has 0 spiro atoms. The number of amides is 1. The van der Waals surface area contributed by atoms with Crippen LogP contribution in [0.25, 0.3) is 0 Å². The molecule has 0 aliphatic carbocycles. The van der Waals surface area contributed by atoms with Gasteiger partial charge in [-0.05, 0) is 23.8 Å². The molecule has 1 aromatic carbocycles. The summed E-state index contributed by atoms with van der Waals surface area (Å²) in [6, 6.07) is 5.67. The summed E-state index contributed by atoms with van der Waals surface area (Å²) in [6.45, 7) is 9.37. The predicted octanol–water partition coefficient (Wildman–Crippen LogP) is 2.62. The van der Waals surface area contributed by atoms with Crippen LogP contribution in [0, 0.1) is 0 Å². The molecule has 1 aliphatic heterocycles. The molecule has 5 heteroatoms. The van der Waals surface area contributed by atoms with E-state index in [2.05, 4.69) is 25.7 Å². The number of ether oxygens (including phenoxy) is 1. The van der Waals surface area contributed by atoms with Crippen molar-refractivity contribution >= 4 is 23.2 Å². The van der Waals surface area contributed by atoms with Crippen LogP contribution in [0.3, 0.4) is 0 Å². The molecule has 1 aromatic rings. The number of carbonyl (C=O) groups is 1. The van der Waals surface area contributed by atoms with Crippen LogP contribution in [0.1, 0.15) is 13.8 Å². The third kappa shape index (κ3) is 3.52. The Kier molecular flexibility index (Phi) is 4.68. The van der Waals surface area contributed by atoms with Gasteiger partial charge in [0.1, 0.15) is 5.75 Å². The lowest BCUT2D eigenvalue weighted by Crippen LogP contribution is -2.41. The highest BCUT2D eigenvalue weighted by Crippen LogP contribution is 2.34. The van der Waals surface area contributed by atoms with E-state index in [0.29, 0.717) is 35.6 Å². The molecule has 1 N–H and O–H groups in total. The van der Waals surface area contributed by atoms with Crippen molar-refractivity contribution in [3.05, 3.63) is 35.4 Å². The molecule has 1 amide bonds. The van der Waals surface area contributed by atoms with Crippen molar-refractivity contribution in [2.45, 2.75) is 19.9 Å². The largest absolute Gasteiger partial charge is 0.482 e. The Morgan fingerprint density at radius 3 is 3.00 bits per heavy atom. The van der Waals surface area contributed by atoms with E-state index in [1.807, 2.05) is 0 Å². The Balaban J connectivity index is 2.13. The van der Waals surface area contributed by atoms with Crippen LogP contribution in [-0.4, -0.2) is 31.6 Å². The number of hydrogen-bond acceptors (Lipinski definition) is 3. The van der Waals surface area contributed by atoms with Gasteiger partial charge in [-0.2, -0.15) is 0 Å². The Labute approximate surface area is 124 Å². The van der Waals surface area contributed by atoms with Crippen LogP contribution >= 0.6 is 11.6 Å². The van der Waals surface area contributed by atoms with Gasteiger partial charge in [0.15, 0.2) is 6.61 Å². The quantitative estimate of drug-likeness (QED) is 0.849. The zero-order chi connectivity index (χ0) is 14.7. The van der Waals surface area contributed by atoms with Crippen molar-refractivity contribution in [3.8, 4) is 5.75 Å². The Morgan fingerprint density at radius 1 is 1.55 bits per heavy atom. The van der Waals surface area contributed by atoms with E-state index in [0.717, 1.165) is 5.57 Å². The highest BCUT2D eigenvalue weighted by Gasteiger charge is 2.26. The minimum Gasteiger partial charge on any atom is -0.482 e. The van der Waals surface area contributed by atoms with Gasteiger partial charge in [0.2, 0.25) is 0 Å². The molecule has 0 saturated carbocycles. The monoisotopic (exact) mass is 294 g/mol. The number of nitrogens with one attached hydrogen (secondary N) is 1. The summed E-state index contributed by atoms with van der Waals surface area (Å²) in [7, 11) is 0. The molecule has 0 aromatic heterocycles. The lowest BCUT2D eigenvalue weighted by atomic mass is 10.2. The number of benzene rings is 1. The maximum absolute atomic E-state index is 12.0. The van der Waals surface area contributed by atoms with E-state index in [4.69, 9.17) is 16.3 Å². The fourth-order valence-corrected chi connectivity index (χ4v) is 2.14. The van der Waals surface area contributed by atoms with E-state index in [-0.39, 0.29) is 12.5 Å². The maximum atomic E-state index is 12.0. The number of fused-ring (bicyclic) bond motifs is 1. The molecular weight excluding hydrogens is 276 g/mol. The van der Waals surface area contributed by atoms with Crippen molar-refractivity contribution in [1.82, 2.24) is 5.32 Å². The van der Waals surface area contributed by atoms with Crippen molar-refractivity contribution < 1.29 is 9.53 Å². The standard InChI is InChI=1S/C15H19ClN2O2/c1-10(2)17-7-11(3)8-18-13-6-12(16)4-5-14(13)20-9-15(18)19/h4-6,10,17H,3,7-9H2,1-2H3. The molecule has 20 heavy (non-hydrogen) atoms. The van der Waals surface area contributed by atoms with Gasteiger partial charge in [0.25, 0.3) is 5.91 Å². The molecule has 1 aliphatic rings. The lowest BCUT2D eigenvalue weighted by molar-refractivity contribution is -0.121. The number of anilines is 1. The fourth-order valence-electron chi connectivity index (χ4n) is 1.98. The summed E-state index contributed by atoms with van der Waals surface area (Å²) in [6.07, 6.45) is 0. The summed E-state index contributed by atoms with van der Waals surface area (Å²) in [5.41, 5.74) is 1.65. The first kappa shape index (κ1) is 14.9. The van der Waals surface area contributed by atoms with Crippen LogP contribution in [0.4, 0.5) is 5.69 Å². The lowest BCUT2D eigenvalue weighted by Gasteiger charge is -2.30. The van der Waals surface area contributed by atoms with Gasteiger partial charge in [0, 0.05) is 24.2 Å².